The summed E-state index contributed by atoms with van der Waals surface area (Å²) in [4.78, 5) is 30.1. The second kappa shape index (κ2) is 7.32. The summed E-state index contributed by atoms with van der Waals surface area (Å²) in [6.45, 7) is 1.55. The topological polar surface area (TPSA) is 62.3 Å². The van der Waals surface area contributed by atoms with Gasteiger partial charge in [-0.15, -0.1) is 11.3 Å². The van der Waals surface area contributed by atoms with Crippen molar-refractivity contribution < 1.29 is 9.59 Å². The molecule has 126 valence electrons. The van der Waals surface area contributed by atoms with Crippen LogP contribution in [0.5, 0.6) is 0 Å². The quantitative estimate of drug-likeness (QED) is 0.878. The number of rotatable bonds is 4. The Morgan fingerprint density at radius 1 is 1.33 bits per heavy atom. The minimum Gasteiger partial charge on any atom is -0.308 e. The highest BCUT2D eigenvalue weighted by Gasteiger charge is 2.27. The lowest BCUT2D eigenvalue weighted by Gasteiger charge is -2.29. The lowest BCUT2D eigenvalue weighted by molar-refractivity contribution is -0.117. The van der Waals surface area contributed by atoms with E-state index in [2.05, 4.69) is 10.3 Å². The maximum Gasteiger partial charge on any atom is 0.257 e. The number of thiazole rings is 1. The summed E-state index contributed by atoms with van der Waals surface area (Å²) in [7, 11) is 0. The van der Waals surface area contributed by atoms with E-state index in [0.717, 1.165) is 25.7 Å². The predicted molar refractivity (Wildman–Crippen MR) is 96.9 cm³/mol. The number of aromatic nitrogens is 1. The van der Waals surface area contributed by atoms with Gasteiger partial charge in [-0.3, -0.25) is 14.9 Å². The number of carbonyl (C=O) groups is 2. The average molecular weight is 364 g/mol. The van der Waals surface area contributed by atoms with Crippen molar-refractivity contribution in [2.24, 2.45) is 0 Å². The molecule has 0 unspecified atom stereocenters. The molecule has 1 fully saturated rings. The number of nitrogens with one attached hydrogen (secondary N) is 1. The highest BCUT2D eigenvalue weighted by Crippen LogP contribution is 2.33. The number of benzene rings is 1. The molecular weight excluding hydrogens is 346 g/mol. The Bertz CT molecular complexity index is 742. The van der Waals surface area contributed by atoms with Gasteiger partial charge in [0.15, 0.2) is 5.13 Å². The van der Waals surface area contributed by atoms with Crippen LogP contribution in [0.4, 0.5) is 10.8 Å². The van der Waals surface area contributed by atoms with E-state index < -0.39 is 0 Å². The average Bonchev–Trinajstić information content (AvgIpc) is 3.22. The monoisotopic (exact) mass is 363 g/mol. The van der Waals surface area contributed by atoms with E-state index in [1.807, 2.05) is 0 Å². The maximum atomic E-state index is 12.3. The second-order valence-corrected chi connectivity index (χ2v) is 7.09. The van der Waals surface area contributed by atoms with Crippen LogP contribution < -0.4 is 10.2 Å². The van der Waals surface area contributed by atoms with Gasteiger partial charge >= 0.3 is 0 Å². The minimum absolute atomic E-state index is 0.0243. The molecule has 1 saturated carbocycles. The lowest BCUT2D eigenvalue weighted by atomic mass is 10.1. The van der Waals surface area contributed by atoms with E-state index in [9.17, 15) is 9.59 Å². The summed E-state index contributed by atoms with van der Waals surface area (Å²) >= 11 is 7.74. The van der Waals surface area contributed by atoms with Crippen molar-refractivity contribution in [3.8, 4) is 0 Å². The van der Waals surface area contributed by atoms with Crippen LogP contribution >= 0.6 is 22.9 Å². The van der Waals surface area contributed by atoms with Gasteiger partial charge in [0.1, 0.15) is 0 Å². The SMILES string of the molecule is CC(=O)N(c1ccc(C(=O)Nc2nccs2)cc1Cl)C1CCCC1. The summed E-state index contributed by atoms with van der Waals surface area (Å²) < 4.78 is 0. The highest BCUT2D eigenvalue weighted by molar-refractivity contribution is 7.13. The van der Waals surface area contributed by atoms with Crippen LogP contribution in [0.1, 0.15) is 43.0 Å². The molecule has 0 bridgehead atoms. The van der Waals surface area contributed by atoms with Crippen LogP contribution in [0, 0.1) is 0 Å². The fourth-order valence-electron chi connectivity index (χ4n) is 3.08. The number of amides is 2. The molecule has 2 amide bonds. The normalized spacial score (nSPS) is 14.6. The largest absolute Gasteiger partial charge is 0.308 e. The molecule has 1 aromatic heterocycles. The van der Waals surface area contributed by atoms with Gasteiger partial charge in [0.25, 0.3) is 5.91 Å². The summed E-state index contributed by atoms with van der Waals surface area (Å²) in [5, 5.41) is 5.46. The van der Waals surface area contributed by atoms with E-state index >= 15 is 0 Å². The molecule has 1 aliphatic carbocycles. The van der Waals surface area contributed by atoms with Crippen molar-refractivity contribution in [3.63, 3.8) is 0 Å². The molecule has 1 heterocycles. The summed E-state index contributed by atoms with van der Waals surface area (Å²) in [5.74, 6) is -0.294. The number of halogens is 1. The molecule has 0 saturated heterocycles. The first-order chi connectivity index (χ1) is 11.6. The van der Waals surface area contributed by atoms with Crippen LogP contribution in [0.25, 0.3) is 0 Å². The zero-order valence-electron chi connectivity index (χ0n) is 13.3. The lowest BCUT2D eigenvalue weighted by Crippen LogP contribution is -2.37. The van der Waals surface area contributed by atoms with Crippen molar-refractivity contribution in [2.45, 2.75) is 38.6 Å². The van der Waals surface area contributed by atoms with E-state index in [4.69, 9.17) is 11.6 Å². The molecule has 0 radical (unpaired) electrons. The molecule has 0 aliphatic heterocycles. The first-order valence-electron chi connectivity index (χ1n) is 7.86. The zero-order chi connectivity index (χ0) is 17.1. The Balaban J connectivity index is 1.83. The number of anilines is 2. The molecule has 7 heteroatoms. The van der Waals surface area contributed by atoms with Crippen molar-refractivity contribution >= 4 is 45.6 Å². The molecule has 1 N–H and O–H groups in total. The molecule has 2 aromatic rings. The van der Waals surface area contributed by atoms with Crippen molar-refractivity contribution in [2.75, 3.05) is 10.2 Å². The first kappa shape index (κ1) is 16.9. The smallest absolute Gasteiger partial charge is 0.257 e. The van der Waals surface area contributed by atoms with Gasteiger partial charge in [0.05, 0.1) is 10.7 Å². The Hall–Kier alpha value is -1.92. The van der Waals surface area contributed by atoms with Gasteiger partial charge in [0, 0.05) is 30.1 Å². The van der Waals surface area contributed by atoms with Gasteiger partial charge in [-0.1, -0.05) is 24.4 Å². The molecule has 1 aliphatic rings. The minimum atomic E-state index is -0.270. The molecule has 0 spiro atoms. The van der Waals surface area contributed by atoms with Crippen molar-refractivity contribution in [1.82, 2.24) is 4.98 Å². The standard InChI is InChI=1S/C17H18ClN3O2S/c1-11(22)21(13-4-2-3-5-13)15-7-6-12(10-14(15)18)16(23)20-17-19-8-9-24-17/h6-10,13H,2-5H2,1H3,(H,19,20,23). The number of nitrogens with zero attached hydrogens (tertiary/aromatic N) is 2. The summed E-state index contributed by atoms with van der Waals surface area (Å²) in [6, 6.07) is 5.23. The van der Waals surface area contributed by atoms with E-state index in [1.165, 1.54) is 11.3 Å². The zero-order valence-corrected chi connectivity index (χ0v) is 14.9. The highest BCUT2D eigenvalue weighted by atomic mass is 35.5. The predicted octanol–water partition coefficient (Wildman–Crippen LogP) is 4.34. The third kappa shape index (κ3) is 3.60. The number of carbonyl (C=O) groups excluding carboxylic acids is 2. The van der Waals surface area contributed by atoms with Crippen LogP contribution in [0.2, 0.25) is 5.02 Å². The molecular formula is C17H18ClN3O2S. The second-order valence-electron chi connectivity index (χ2n) is 5.78. The molecule has 1 aromatic carbocycles. The molecule has 5 nitrogen and oxygen atoms in total. The van der Waals surface area contributed by atoms with Gasteiger partial charge in [-0.05, 0) is 31.0 Å². The maximum absolute atomic E-state index is 12.3. The molecule has 24 heavy (non-hydrogen) atoms. The first-order valence-corrected chi connectivity index (χ1v) is 9.12. The third-order valence-corrected chi connectivity index (χ3v) is 5.14. The van der Waals surface area contributed by atoms with Gasteiger partial charge < -0.3 is 4.90 Å². The van der Waals surface area contributed by atoms with E-state index in [0.29, 0.717) is 21.4 Å². The van der Waals surface area contributed by atoms with Gasteiger partial charge in [0.2, 0.25) is 5.91 Å². The fourth-order valence-corrected chi connectivity index (χ4v) is 3.88. The Labute approximate surface area is 149 Å². The third-order valence-electron chi connectivity index (χ3n) is 4.15. The number of hydrogen-bond donors (Lipinski definition) is 1. The Kier molecular flexibility index (Phi) is 5.16. The molecule has 0 atom stereocenters. The Morgan fingerprint density at radius 2 is 2.08 bits per heavy atom. The van der Waals surface area contributed by atoms with Crippen LogP contribution in [0.15, 0.2) is 29.8 Å². The summed E-state index contributed by atoms with van der Waals surface area (Å²) in [5.41, 5.74) is 1.11. The van der Waals surface area contributed by atoms with Crippen molar-refractivity contribution in [1.29, 1.82) is 0 Å². The van der Waals surface area contributed by atoms with Gasteiger partial charge in [-0.2, -0.15) is 0 Å². The van der Waals surface area contributed by atoms with Crippen LogP contribution in [-0.4, -0.2) is 22.8 Å². The van der Waals surface area contributed by atoms with Crippen LogP contribution in [0.3, 0.4) is 0 Å². The van der Waals surface area contributed by atoms with Gasteiger partial charge in [-0.25, -0.2) is 4.98 Å². The summed E-state index contributed by atoms with van der Waals surface area (Å²) in [6.07, 6.45) is 5.85. The van der Waals surface area contributed by atoms with Crippen LogP contribution in [-0.2, 0) is 4.79 Å². The molecule has 3 rings (SSSR count). The fraction of sp³-hybridized carbons (Fsp3) is 0.353. The Morgan fingerprint density at radius 3 is 2.67 bits per heavy atom. The number of hydrogen-bond acceptors (Lipinski definition) is 4. The van der Waals surface area contributed by atoms with E-state index in [1.54, 1.807) is 41.6 Å². The van der Waals surface area contributed by atoms with E-state index in [-0.39, 0.29) is 17.9 Å². The van der Waals surface area contributed by atoms with Crippen molar-refractivity contribution in [3.05, 3.63) is 40.4 Å².